The quantitative estimate of drug-likeness (QED) is 0.922. The van der Waals surface area contributed by atoms with Crippen LogP contribution in [-0.2, 0) is 13.5 Å². The van der Waals surface area contributed by atoms with Crippen molar-refractivity contribution in [1.29, 1.82) is 0 Å². The summed E-state index contributed by atoms with van der Waals surface area (Å²) in [6, 6.07) is 5.94. The van der Waals surface area contributed by atoms with E-state index in [4.69, 9.17) is 0 Å². The lowest BCUT2D eigenvalue weighted by Gasteiger charge is -2.15. The number of nitrogens with one attached hydrogen (secondary N) is 1. The fourth-order valence-corrected chi connectivity index (χ4v) is 2.07. The van der Waals surface area contributed by atoms with Crippen molar-refractivity contribution in [2.45, 2.75) is 18.8 Å². The predicted molar refractivity (Wildman–Crippen MR) is 71.8 cm³/mol. The number of benzene rings is 1. The first-order valence-corrected chi connectivity index (χ1v) is 6.38. The second kappa shape index (κ2) is 6.17. The molecule has 0 radical (unpaired) electrons. The van der Waals surface area contributed by atoms with Gasteiger partial charge in [-0.05, 0) is 31.2 Å². The molecule has 0 aliphatic heterocycles. The molecule has 0 bridgehead atoms. The van der Waals surface area contributed by atoms with E-state index >= 15 is 0 Å². The third kappa shape index (κ3) is 4.49. The molecule has 1 aromatic heterocycles. The smallest absolute Gasteiger partial charge is 0.406 e. The topological polar surface area (TPSA) is 39.1 Å². The Hall–Kier alpha value is -2.02. The van der Waals surface area contributed by atoms with Gasteiger partial charge in [0.25, 0.3) is 0 Å². The molecule has 1 heterocycles. The third-order valence-corrected chi connectivity index (χ3v) is 3.07. The largest absolute Gasteiger partial charge is 0.573 e. The van der Waals surface area contributed by atoms with Crippen molar-refractivity contribution in [1.82, 2.24) is 15.1 Å². The molecule has 0 fully saturated rings. The van der Waals surface area contributed by atoms with Gasteiger partial charge in [-0.1, -0.05) is 12.1 Å². The van der Waals surface area contributed by atoms with Crippen LogP contribution in [0.25, 0.3) is 0 Å². The van der Waals surface area contributed by atoms with E-state index in [1.807, 2.05) is 20.3 Å². The van der Waals surface area contributed by atoms with Crippen LogP contribution in [-0.4, -0.2) is 23.2 Å². The molecule has 0 spiro atoms. The molecule has 1 atom stereocenters. The SMILES string of the molecule is CNC(Cc1ccc(OC(F)(F)F)cc1)c1cnn(C)c1. The number of alkyl halides is 3. The highest BCUT2D eigenvalue weighted by Gasteiger charge is 2.30. The van der Waals surface area contributed by atoms with Crippen molar-refractivity contribution in [3.05, 3.63) is 47.8 Å². The maximum absolute atomic E-state index is 12.1. The Morgan fingerprint density at radius 1 is 1.29 bits per heavy atom. The molecule has 1 N–H and O–H groups in total. The number of hydrogen-bond acceptors (Lipinski definition) is 3. The van der Waals surface area contributed by atoms with E-state index in [1.165, 1.54) is 12.1 Å². The van der Waals surface area contributed by atoms with Gasteiger partial charge in [0.1, 0.15) is 5.75 Å². The summed E-state index contributed by atoms with van der Waals surface area (Å²) in [6.45, 7) is 0. The molecule has 0 aliphatic carbocycles. The first-order chi connectivity index (χ1) is 9.87. The van der Waals surface area contributed by atoms with Crippen molar-refractivity contribution < 1.29 is 17.9 Å². The summed E-state index contributed by atoms with van der Waals surface area (Å²) >= 11 is 0. The lowest BCUT2D eigenvalue weighted by Crippen LogP contribution is -2.19. The maximum atomic E-state index is 12.1. The second-order valence-corrected chi connectivity index (χ2v) is 4.68. The van der Waals surface area contributed by atoms with Gasteiger partial charge in [0, 0.05) is 24.8 Å². The summed E-state index contributed by atoms with van der Waals surface area (Å²) in [4.78, 5) is 0. The number of likely N-dealkylation sites (N-methyl/N-ethyl adjacent to an activating group) is 1. The van der Waals surface area contributed by atoms with E-state index in [1.54, 1.807) is 23.0 Å². The monoisotopic (exact) mass is 299 g/mol. The van der Waals surface area contributed by atoms with Crippen LogP contribution in [0.5, 0.6) is 5.75 Å². The summed E-state index contributed by atoms with van der Waals surface area (Å²) in [5.74, 6) is -0.214. The molecule has 2 aromatic rings. The minimum absolute atomic E-state index is 0.0492. The number of rotatable bonds is 5. The van der Waals surface area contributed by atoms with Gasteiger partial charge in [-0.15, -0.1) is 13.2 Å². The summed E-state index contributed by atoms with van der Waals surface area (Å²) in [5, 5.41) is 7.28. The highest BCUT2D eigenvalue weighted by Crippen LogP contribution is 2.24. The molecule has 4 nitrogen and oxygen atoms in total. The molecule has 114 valence electrons. The van der Waals surface area contributed by atoms with Gasteiger partial charge in [-0.25, -0.2) is 0 Å². The van der Waals surface area contributed by atoms with Gasteiger partial charge in [-0.2, -0.15) is 5.10 Å². The number of aryl methyl sites for hydroxylation is 1. The number of ether oxygens (including phenoxy) is 1. The molecule has 1 unspecified atom stereocenters. The molecule has 7 heteroatoms. The van der Waals surface area contributed by atoms with Gasteiger partial charge >= 0.3 is 6.36 Å². The van der Waals surface area contributed by atoms with Gasteiger partial charge < -0.3 is 10.1 Å². The predicted octanol–water partition coefficient (Wildman–Crippen LogP) is 2.82. The third-order valence-electron chi connectivity index (χ3n) is 3.07. The van der Waals surface area contributed by atoms with Crippen molar-refractivity contribution in [3.8, 4) is 5.75 Å². The second-order valence-electron chi connectivity index (χ2n) is 4.68. The van der Waals surface area contributed by atoms with E-state index in [9.17, 15) is 13.2 Å². The van der Waals surface area contributed by atoms with Crippen LogP contribution in [0.1, 0.15) is 17.2 Å². The van der Waals surface area contributed by atoms with E-state index in [-0.39, 0.29) is 11.8 Å². The Morgan fingerprint density at radius 3 is 2.43 bits per heavy atom. The van der Waals surface area contributed by atoms with Gasteiger partial charge in [-0.3, -0.25) is 4.68 Å². The minimum Gasteiger partial charge on any atom is -0.406 e. The van der Waals surface area contributed by atoms with E-state index in [2.05, 4.69) is 15.2 Å². The zero-order chi connectivity index (χ0) is 15.5. The van der Waals surface area contributed by atoms with Crippen LogP contribution in [0.3, 0.4) is 0 Å². The highest BCUT2D eigenvalue weighted by molar-refractivity contribution is 5.29. The maximum Gasteiger partial charge on any atom is 0.573 e. The van der Waals surface area contributed by atoms with Gasteiger partial charge in [0.15, 0.2) is 0 Å². The van der Waals surface area contributed by atoms with Crippen molar-refractivity contribution in [2.24, 2.45) is 7.05 Å². The average molecular weight is 299 g/mol. The van der Waals surface area contributed by atoms with Gasteiger partial charge in [0.2, 0.25) is 0 Å². The van der Waals surface area contributed by atoms with Crippen molar-refractivity contribution in [3.63, 3.8) is 0 Å². The molecule has 0 saturated heterocycles. The van der Waals surface area contributed by atoms with Crippen molar-refractivity contribution in [2.75, 3.05) is 7.05 Å². The fraction of sp³-hybridized carbons (Fsp3) is 0.357. The Kier molecular flexibility index (Phi) is 4.52. The Morgan fingerprint density at radius 2 is 1.95 bits per heavy atom. The molecule has 0 saturated carbocycles. The zero-order valence-electron chi connectivity index (χ0n) is 11.7. The Balaban J connectivity index is 2.05. The first-order valence-electron chi connectivity index (χ1n) is 6.38. The first kappa shape index (κ1) is 15.4. The molecular formula is C14H16F3N3O. The van der Waals surface area contributed by atoms with E-state index < -0.39 is 6.36 Å². The lowest BCUT2D eigenvalue weighted by molar-refractivity contribution is -0.274. The van der Waals surface area contributed by atoms with E-state index in [0.717, 1.165) is 11.1 Å². The zero-order valence-corrected chi connectivity index (χ0v) is 11.7. The summed E-state index contributed by atoms with van der Waals surface area (Å²) in [7, 11) is 3.66. The van der Waals surface area contributed by atoms with Crippen LogP contribution >= 0.6 is 0 Å². The number of hydrogen-bond donors (Lipinski definition) is 1. The molecule has 2 rings (SSSR count). The lowest BCUT2D eigenvalue weighted by atomic mass is 10.0. The Bertz CT molecular complexity index is 578. The Labute approximate surface area is 120 Å². The standard InChI is InChI=1S/C14H16F3N3O/c1-18-13(11-8-19-20(2)9-11)7-10-3-5-12(6-4-10)21-14(15,16)17/h3-6,8-9,13,18H,7H2,1-2H3. The molecular weight excluding hydrogens is 283 g/mol. The summed E-state index contributed by atoms with van der Waals surface area (Å²) in [6.07, 6.45) is -0.343. The fourth-order valence-electron chi connectivity index (χ4n) is 2.07. The van der Waals surface area contributed by atoms with Gasteiger partial charge in [0.05, 0.1) is 6.20 Å². The molecule has 1 aromatic carbocycles. The highest BCUT2D eigenvalue weighted by atomic mass is 19.4. The summed E-state index contributed by atoms with van der Waals surface area (Å²) in [5.41, 5.74) is 1.93. The van der Waals surface area contributed by atoms with Crippen LogP contribution in [0.2, 0.25) is 0 Å². The number of aromatic nitrogens is 2. The number of nitrogens with zero attached hydrogens (tertiary/aromatic N) is 2. The molecule has 0 aliphatic rings. The normalized spacial score (nSPS) is 13.2. The molecule has 0 amide bonds. The number of halogens is 3. The average Bonchev–Trinajstić information content (AvgIpc) is 2.82. The molecule has 21 heavy (non-hydrogen) atoms. The van der Waals surface area contributed by atoms with Crippen LogP contribution in [0.4, 0.5) is 13.2 Å². The van der Waals surface area contributed by atoms with Crippen LogP contribution < -0.4 is 10.1 Å². The summed E-state index contributed by atoms with van der Waals surface area (Å²) < 4.78 is 41.8. The minimum atomic E-state index is -4.66. The van der Waals surface area contributed by atoms with Crippen molar-refractivity contribution >= 4 is 0 Å². The van der Waals surface area contributed by atoms with E-state index in [0.29, 0.717) is 6.42 Å². The van der Waals surface area contributed by atoms with Crippen LogP contribution in [0, 0.1) is 0 Å². The van der Waals surface area contributed by atoms with Crippen LogP contribution in [0.15, 0.2) is 36.7 Å².